The van der Waals surface area contributed by atoms with E-state index in [-0.39, 0.29) is 31.3 Å². The number of carbonyl (C=O) groups excluding carboxylic acids is 3. The van der Waals surface area contributed by atoms with Gasteiger partial charge in [-0.25, -0.2) is 9.78 Å². The molecule has 0 fully saturated rings. The molecule has 0 saturated carbocycles. The fraction of sp³-hybridized carbons (Fsp3) is 0.208. The van der Waals surface area contributed by atoms with E-state index >= 15 is 0 Å². The second-order valence-corrected chi connectivity index (χ2v) is 16.3. The minimum atomic E-state index is -1.07. The molecule has 1 heterocycles. The molecule has 63 heavy (non-hydrogen) atoms. The van der Waals surface area contributed by atoms with E-state index < -0.39 is 23.3 Å². The summed E-state index contributed by atoms with van der Waals surface area (Å²) < 4.78 is 17.6. The second-order valence-electron chi connectivity index (χ2n) is 16.3. The molecule has 0 bridgehead atoms. The molecule has 7 rings (SSSR count). The highest BCUT2D eigenvalue weighted by atomic mass is 16.6. The van der Waals surface area contributed by atoms with Crippen molar-refractivity contribution in [3.8, 4) is 5.75 Å². The topological polar surface area (TPSA) is 123 Å². The van der Waals surface area contributed by atoms with Crippen LogP contribution in [0.15, 0.2) is 182 Å². The van der Waals surface area contributed by atoms with Crippen molar-refractivity contribution in [3.63, 3.8) is 0 Å². The van der Waals surface area contributed by atoms with E-state index in [1.165, 1.54) is 6.33 Å². The van der Waals surface area contributed by atoms with Gasteiger partial charge >= 0.3 is 12.1 Å². The first-order valence-corrected chi connectivity index (χ1v) is 21.0. The zero-order valence-corrected chi connectivity index (χ0v) is 35.8. The largest absolute Gasteiger partial charge is 0.489 e. The summed E-state index contributed by atoms with van der Waals surface area (Å²) in [5, 5.41) is 2.80. The Hall–Kier alpha value is -7.30. The van der Waals surface area contributed by atoms with Gasteiger partial charge in [-0.3, -0.25) is 14.5 Å². The number of hydrogen-bond acceptors (Lipinski definition) is 8. The number of amides is 1. The first-order valence-electron chi connectivity index (χ1n) is 21.0. The lowest BCUT2D eigenvalue weighted by atomic mass is 9.75. The lowest BCUT2D eigenvalue weighted by molar-refractivity contribution is -0.157. The highest BCUT2D eigenvalue weighted by Gasteiger charge is 2.44. The van der Waals surface area contributed by atoms with E-state index in [4.69, 9.17) is 14.2 Å². The van der Waals surface area contributed by atoms with Gasteiger partial charge in [-0.05, 0) is 66.3 Å². The molecular weight excluding hydrogens is 789 g/mol. The summed E-state index contributed by atoms with van der Waals surface area (Å²) in [4.78, 5) is 50.9. The first-order chi connectivity index (χ1) is 30.6. The second kappa shape index (κ2) is 20.5. The molecule has 6 aromatic carbocycles. The van der Waals surface area contributed by atoms with Crippen LogP contribution in [0.2, 0.25) is 0 Å². The van der Waals surface area contributed by atoms with Gasteiger partial charge in [0.1, 0.15) is 30.6 Å². The number of aromatic amines is 1. The van der Waals surface area contributed by atoms with Gasteiger partial charge in [-0.1, -0.05) is 158 Å². The van der Waals surface area contributed by atoms with Crippen molar-refractivity contribution < 1.29 is 28.6 Å². The molecule has 0 unspecified atom stereocenters. The van der Waals surface area contributed by atoms with E-state index in [0.717, 1.165) is 39.1 Å². The molecule has 0 aliphatic carbocycles. The summed E-state index contributed by atoms with van der Waals surface area (Å²) in [7, 11) is 0. The van der Waals surface area contributed by atoms with Gasteiger partial charge in [0.05, 0.1) is 18.4 Å². The van der Waals surface area contributed by atoms with Crippen molar-refractivity contribution in [3.05, 3.63) is 227 Å². The summed E-state index contributed by atoms with van der Waals surface area (Å²) >= 11 is 0. The SMILES string of the molecule is CC(C)(C)OC(=O)CN(Cc1ccc(OCc2ccccc2)cc1)C(c1ccccc1)(c1ccccc1)c1ccc(C(=O)[C@H](Cc2cnc[nH]2)NC(=O)OCc2ccccc2)cc1. The van der Waals surface area contributed by atoms with Gasteiger partial charge in [0.2, 0.25) is 0 Å². The summed E-state index contributed by atoms with van der Waals surface area (Å²) in [5.74, 6) is 0.0296. The number of alkyl carbamates (subject to hydrolysis) is 1. The molecule has 1 aromatic heterocycles. The highest BCUT2D eigenvalue weighted by Crippen LogP contribution is 2.43. The Bertz CT molecular complexity index is 2470. The van der Waals surface area contributed by atoms with E-state index in [1.54, 1.807) is 18.3 Å². The van der Waals surface area contributed by atoms with Crippen molar-refractivity contribution in [1.82, 2.24) is 20.2 Å². The van der Waals surface area contributed by atoms with Crippen molar-refractivity contribution in [2.75, 3.05) is 6.54 Å². The zero-order chi connectivity index (χ0) is 44.1. The average molecular weight is 841 g/mol. The Morgan fingerprint density at radius 1 is 0.651 bits per heavy atom. The molecule has 0 radical (unpaired) electrons. The number of aromatic nitrogens is 2. The van der Waals surface area contributed by atoms with Crippen LogP contribution in [0.3, 0.4) is 0 Å². The standard InChI is InChI=1S/C53H52N4O6/c1-52(2,3)63-49(58)35-57(34-39-24-30-47(31-25-39)61-36-40-16-8-4-9-17-40)53(43-20-12-6-13-21-43,44-22-14-7-15-23-44)45-28-26-42(27-29-45)50(59)48(32-46-33-54-38-55-46)56-51(60)62-37-41-18-10-5-11-19-41/h4-31,33,38,48H,32,34-37H2,1-3H3,(H,54,55)(H,56,60)/t48-/m0/s1. The predicted octanol–water partition coefficient (Wildman–Crippen LogP) is 9.84. The van der Waals surface area contributed by atoms with E-state index in [9.17, 15) is 14.4 Å². The van der Waals surface area contributed by atoms with E-state index in [2.05, 4.69) is 44.5 Å². The maximum absolute atomic E-state index is 14.4. The van der Waals surface area contributed by atoms with Gasteiger partial charge in [0, 0.05) is 30.4 Å². The smallest absolute Gasteiger partial charge is 0.408 e. The number of imidazole rings is 1. The van der Waals surface area contributed by atoms with Gasteiger partial charge in [0.15, 0.2) is 5.78 Å². The number of hydrogen-bond donors (Lipinski definition) is 2. The first kappa shape index (κ1) is 43.8. The quantitative estimate of drug-likeness (QED) is 0.0498. The number of ketones is 1. The van der Waals surface area contributed by atoms with Crippen molar-refractivity contribution >= 4 is 17.8 Å². The number of carbonyl (C=O) groups is 3. The van der Waals surface area contributed by atoms with Crippen LogP contribution in [-0.4, -0.2) is 50.9 Å². The lowest BCUT2D eigenvalue weighted by Crippen LogP contribution is -2.50. The zero-order valence-electron chi connectivity index (χ0n) is 35.8. The molecular formula is C53H52N4O6. The Balaban J connectivity index is 1.26. The van der Waals surface area contributed by atoms with Crippen molar-refractivity contribution in [2.45, 2.75) is 64.1 Å². The number of ether oxygens (including phenoxy) is 3. The maximum Gasteiger partial charge on any atom is 0.408 e. The van der Waals surface area contributed by atoms with Crippen LogP contribution in [0.4, 0.5) is 4.79 Å². The van der Waals surface area contributed by atoms with Crippen LogP contribution < -0.4 is 10.1 Å². The van der Waals surface area contributed by atoms with Crippen molar-refractivity contribution in [2.24, 2.45) is 0 Å². The number of rotatable bonds is 18. The number of Topliss-reactive ketones (excluding diaryl/α,β-unsaturated/α-hetero) is 1. The molecule has 2 N–H and O–H groups in total. The number of H-pyrrole nitrogens is 1. The molecule has 1 amide bonds. The van der Waals surface area contributed by atoms with Crippen LogP contribution in [0, 0.1) is 0 Å². The number of nitrogens with zero attached hydrogens (tertiary/aromatic N) is 2. The fourth-order valence-electron chi connectivity index (χ4n) is 7.69. The van der Waals surface area contributed by atoms with Crippen LogP contribution in [0.1, 0.15) is 70.2 Å². The average Bonchev–Trinajstić information content (AvgIpc) is 3.82. The highest BCUT2D eigenvalue weighted by molar-refractivity contribution is 6.01. The molecule has 0 aliphatic rings. The third-order valence-corrected chi connectivity index (χ3v) is 10.5. The Labute approximate surface area is 368 Å². The normalized spacial score (nSPS) is 12.0. The molecule has 0 saturated heterocycles. The maximum atomic E-state index is 14.4. The number of nitrogens with one attached hydrogen (secondary N) is 2. The molecule has 0 aliphatic heterocycles. The fourth-order valence-corrected chi connectivity index (χ4v) is 7.69. The van der Waals surface area contributed by atoms with Gasteiger partial charge in [-0.15, -0.1) is 0 Å². The van der Waals surface area contributed by atoms with Gasteiger partial charge in [0.25, 0.3) is 0 Å². The summed E-state index contributed by atoms with van der Waals surface area (Å²) in [6, 6.07) is 53.8. The van der Waals surface area contributed by atoms with Gasteiger partial charge < -0.3 is 24.5 Å². The van der Waals surface area contributed by atoms with E-state index in [1.807, 2.05) is 154 Å². The van der Waals surface area contributed by atoms with Crippen LogP contribution >= 0.6 is 0 Å². The third-order valence-electron chi connectivity index (χ3n) is 10.5. The number of esters is 1. The van der Waals surface area contributed by atoms with Crippen molar-refractivity contribution in [1.29, 1.82) is 0 Å². The molecule has 7 aromatic rings. The molecule has 320 valence electrons. The Kier molecular flexibility index (Phi) is 14.3. The Morgan fingerprint density at radius 2 is 1.19 bits per heavy atom. The minimum absolute atomic E-state index is 0.0549. The monoisotopic (exact) mass is 840 g/mol. The lowest BCUT2D eigenvalue weighted by Gasteiger charge is -2.45. The predicted molar refractivity (Wildman–Crippen MR) is 243 cm³/mol. The molecule has 10 heteroatoms. The summed E-state index contributed by atoms with van der Waals surface area (Å²) in [5.41, 5.74) is 4.72. The molecule has 10 nitrogen and oxygen atoms in total. The van der Waals surface area contributed by atoms with Crippen LogP contribution in [-0.2, 0) is 46.0 Å². The summed E-state index contributed by atoms with van der Waals surface area (Å²) in [6.07, 6.45) is 2.61. The third kappa shape index (κ3) is 11.5. The van der Waals surface area contributed by atoms with Crippen LogP contribution in [0.25, 0.3) is 0 Å². The molecule has 1 atom stereocenters. The number of benzene rings is 6. The van der Waals surface area contributed by atoms with E-state index in [0.29, 0.717) is 24.4 Å². The van der Waals surface area contributed by atoms with Gasteiger partial charge in [-0.2, -0.15) is 0 Å². The summed E-state index contributed by atoms with van der Waals surface area (Å²) in [6.45, 7) is 6.33. The molecule has 0 spiro atoms. The van der Waals surface area contributed by atoms with Crippen LogP contribution in [0.5, 0.6) is 5.75 Å². The Morgan fingerprint density at radius 3 is 1.73 bits per heavy atom. The minimum Gasteiger partial charge on any atom is -0.489 e.